The molecular formula is C15H8N3O4-. The fourth-order valence-electron chi connectivity index (χ4n) is 2.09. The van der Waals surface area contributed by atoms with E-state index in [4.69, 9.17) is 0 Å². The van der Waals surface area contributed by atoms with Gasteiger partial charge in [0.05, 0.1) is 22.1 Å². The molecule has 0 amide bonds. The van der Waals surface area contributed by atoms with Gasteiger partial charge < -0.3 is 9.90 Å². The Balaban J connectivity index is 2.18. The first-order valence-electron chi connectivity index (χ1n) is 6.29. The molecule has 0 aliphatic heterocycles. The molecule has 7 nitrogen and oxygen atoms in total. The quantitative estimate of drug-likeness (QED) is 0.535. The molecule has 0 atom stereocenters. The molecule has 0 aliphatic carbocycles. The van der Waals surface area contributed by atoms with Crippen LogP contribution in [0.15, 0.2) is 48.5 Å². The Morgan fingerprint density at radius 2 is 1.68 bits per heavy atom. The highest BCUT2D eigenvalue weighted by atomic mass is 16.6. The second-order valence-corrected chi connectivity index (χ2v) is 4.50. The summed E-state index contributed by atoms with van der Waals surface area (Å²) in [5, 5.41) is 22.3. The lowest BCUT2D eigenvalue weighted by atomic mass is 10.1. The van der Waals surface area contributed by atoms with Crippen molar-refractivity contribution in [1.82, 2.24) is 9.97 Å². The van der Waals surface area contributed by atoms with Gasteiger partial charge >= 0.3 is 0 Å². The van der Waals surface area contributed by atoms with Gasteiger partial charge in [-0.15, -0.1) is 0 Å². The van der Waals surface area contributed by atoms with Crippen molar-refractivity contribution in [3.8, 4) is 11.4 Å². The number of nitro benzene ring substituents is 1. The minimum atomic E-state index is -1.40. The second-order valence-electron chi connectivity index (χ2n) is 4.50. The highest BCUT2D eigenvalue weighted by Crippen LogP contribution is 2.23. The van der Waals surface area contributed by atoms with Gasteiger partial charge in [0.1, 0.15) is 0 Å². The van der Waals surface area contributed by atoms with Crippen LogP contribution in [-0.4, -0.2) is 20.9 Å². The van der Waals surface area contributed by atoms with Crippen LogP contribution in [-0.2, 0) is 0 Å². The van der Waals surface area contributed by atoms with Crippen molar-refractivity contribution in [3.05, 3.63) is 64.3 Å². The van der Waals surface area contributed by atoms with Gasteiger partial charge in [0.2, 0.25) is 0 Å². The smallest absolute Gasteiger partial charge is 0.269 e. The van der Waals surface area contributed by atoms with Crippen LogP contribution >= 0.6 is 0 Å². The SMILES string of the molecule is O=C([O-])c1nc(-c2ccc([N+](=O)[O-])cc2)nc2ccccc12. The number of aromatic carboxylic acids is 1. The van der Waals surface area contributed by atoms with E-state index in [1.807, 2.05) is 0 Å². The summed E-state index contributed by atoms with van der Waals surface area (Å²) in [6.07, 6.45) is 0. The number of carboxylic acid groups (broad SMARTS) is 1. The number of nitrogens with zero attached hydrogens (tertiary/aromatic N) is 3. The molecule has 0 bridgehead atoms. The molecule has 0 spiro atoms. The number of carboxylic acids is 1. The summed E-state index contributed by atoms with van der Waals surface area (Å²) < 4.78 is 0. The molecule has 1 heterocycles. The van der Waals surface area contributed by atoms with Crippen LogP contribution in [0.2, 0.25) is 0 Å². The van der Waals surface area contributed by atoms with Crippen LogP contribution in [0.1, 0.15) is 10.5 Å². The molecule has 3 rings (SSSR count). The average molecular weight is 294 g/mol. The monoisotopic (exact) mass is 294 g/mol. The third-order valence-electron chi connectivity index (χ3n) is 3.13. The summed E-state index contributed by atoms with van der Waals surface area (Å²) in [6.45, 7) is 0. The van der Waals surface area contributed by atoms with E-state index in [2.05, 4.69) is 9.97 Å². The average Bonchev–Trinajstić information content (AvgIpc) is 2.53. The van der Waals surface area contributed by atoms with Gasteiger partial charge in [0.15, 0.2) is 5.82 Å². The highest BCUT2D eigenvalue weighted by Gasteiger charge is 2.11. The lowest BCUT2D eigenvalue weighted by Crippen LogP contribution is -2.24. The van der Waals surface area contributed by atoms with Gasteiger partial charge in [0.25, 0.3) is 5.69 Å². The van der Waals surface area contributed by atoms with E-state index in [9.17, 15) is 20.0 Å². The van der Waals surface area contributed by atoms with E-state index in [0.29, 0.717) is 16.5 Å². The van der Waals surface area contributed by atoms with Crippen LogP contribution in [0.25, 0.3) is 22.3 Å². The van der Waals surface area contributed by atoms with Crippen molar-refractivity contribution in [2.24, 2.45) is 0 Å². The third-order valence-corrected chi connectivity index (χ3v) is 3.13. The maximum absolute atomic E-state index is 11.3. The van der Waals surface area contributed by atoms with Gasteiger partial charge in [-0.25, -0.2) is 9.97 Å². The molecule has 0 radical (unpaired) electrons. The first-order chi connectivity index (χ1) is 10.6. The van der Waals surface area contributed by atoms with Gasteiger partial charge in [-0.2, -0.15) is 0 Å². The number of hydrogen-bond acceptors (Lipinski definition) is 6. The van der Waals surface area contributed by atoms with Crippen LogP contribution in [0.3, 0.4) is 0 Å². The zero-order valence-corrected chi connectivity index (χ0v) is 11.1. The molecular weight excluding hydrogens is 286 g/mol. The maximum atomic E-state index is 11.3. The van der Waals surface area contributed by atoms with Crippen molar-refractivity contribution in [2.75, 3.05) is 0 Å². The number of aromatic nitrogens is 2. The molecule has 0 N–H and O–H groups in total. The van der Waals surface area contributed by atoms with Gasteiger partial charge in [-0.3, -0.25) is 10.1 Å². The number of nitro groups is 1. The molecule has 7 heteroatoms. The molecule has 3 aromatic rings. The van der Waals surface area contributed by atoms with Gasteiger partial charge in [-0.1, -0.05) is 18.2 Å². The van der Waals surface area contributed by atoms with Crippen LogP contribution in [0.5, 0.6) is 0 Å². The van der Waals surface area contributed by atoms with Crippen molar-refractivity contribution in [1.29, 1.82) is 0 Å². The molecule has 0 aliphatic rings. The number of carbonyl (C=O) groups is 1. The van der Waals surface area contributed by atoms with Crippen molar-refractivity contribution < 1.29 is 14.8 Å². The third kappa shape index (κ3) is 2.35. The number of fused-ring (bicyclic) bond motifs is 1. The number of carbonyl (C=O) groups excluding carboxylic acids is 1. The van der Waals surface area contributed by atoms with Crippen molar-refractivity contribution in [3.63, 3.8) is 0 Å². The van der Waals surface area contributed by atoms with Crippen LogP contribution in [0, 0.1) is 10.1 Å². The summed E-state index contributed by atoms with van der Waals surface area (Å²) in [4.78, 5) is 29.7. The summed E-state index contributed by atoms with van der Waals surface area (Å²) in [6, 6.07) is 12.2. The van der Waals surface area contributed by atoms with Crippen molar-refractivity contribution in [2.45, 2.75) is 0 Å². The first kappa shape index (κ1) is 13.6. The summed E-state index contributed by atoms with van der Waals surface area (Å²) >= 11 is 0. The van der Waals surface area contributed by atoms with E-state index in [1.165, 1.54) is 24.3 Å². The number of rotatable bonds is 3. The molecule has 2 aromatic carbocycles. The molecule has 0 saturated carbocycles. The second kappa shape index (κ2) is 5.21. The summed E-state index contributed by atoms with van der Waals surface area (Å²) in [7, 11) is 0. The Hall–Kier alpha value is -3.35. The zero-order chi connectivity index (χ0) is 15.7. The van der Waals surface area contributed by atoms with E-state index < -0.39 is 10.9 Å². The van der Waals surface area contributed by atoms with E-state index in [1.54, 1.807) is 24.3 Å². The molecule has 108 valence electrons. The molecule has 0 unspecified atom stereocenters. The molecule has 22 heavy (non-hydrogen) atoms. The zero-order valence-electron chi connectivity index (χ0n) is 11.1. The normalized spacial score (nSPS) is 10.5. The Kier molecular flexibility index (Phi) is 3.23. The number of para-hydroxylation sites is 1. The lowest BCUT2D eigenvalue weighted by Gasteiger charge is -2.09. The number of hydrogen-bond donors (Lipinski definition) is 0. The van der Waals surface area contributed by atoms with Crippen LogP contribution in [0.4, 0.5) is 5.69 Å². The minimum absolute atomic E-state index is 0.0651. The Morgan fingerprint density at radius 1 is 1.00 bits per heavy atom. The number of non-ortho nitro benzene ring substituents is 1. The topological polar surface area (TPSA) is 109 Å². The Morgan fingerprint density at radius 3 is 2.32 bits per heavy atom. The highest BCUT2D eigenvalue weighted by molar-refractivity contribution is 6.00. The largest absolute Gasteiger partial charge is 0.543 e. The van der Waals surface area contributed by atoms with E-state index >= 15 is 0 Å². The van der Waals surface area contributed by atoms with Gasteiger partial charge in [-0.05, 0) is 18.2 Å². The van der Waals surface area contributed by atoms with Crippen molar-refractivity contribution >= 4 is 22.6 Å². The van der Waals surface area contributed by atoms with E-state index in [0.717, 1.165) is 0 Å². The fourth-order valence-corrected chi connectivity index (χ4v) is 2.09. The Bertz CT molecular complexity index is 891. The predicted octanol–water partition coefficient (Wildman–Crippen LogP) is 1.57. The lowest BCUT2D eigenvalue weighted by molar-refractivity contribution is -0.384. The fraction of sp³-hybridized carbons (Fsp3) is 0. The minimum Gasteiger partial charge on any atom is -0.543 e. The number of benzene rings is 2. The Labute approximate surface area is 124 Å². The molecule has 1 aromatic heterocycles. The van der Waals surface area contributed by atoms with Crippen LogP contribution < -0.4 is 5.11 Å². The first-order valence-corrected chi connectivity index (χ1v) is 6.29. The summed E-state index contributed by atoms with van der Waals surface area (Å²) in [5.41, 5.74) is 0.674. The van der Waals surface area contributed by atoms with E-state index in [-0.39, 0.29) is 17.2 Å². The van der Waals surface area contributed by atoms with Gasteiger partial charge in [0, 0.05) is 23.1 Å². The summed E-state index contributed by atoms with van der Waals surface area (Å²) in [5.74, 6) is -1.23. The molecule has 0 fully saturated rings. The standard InChI is InChI=1S/C15H9N3O4/c19-15(20)13-11-3-1-2-4-12(11)16-14(17-13)9-5-7-10(8-6-9)18(21)22/h1-8H,(H,19,20)/p-1. The predicted molar refractivity (Wildman–Crippen MR) is 76.0 cm³/mol. The molecule has 0 saturated heterocycles. The maximum Gasteiger partial charge on any atom is 0.269 e.